The Hall–Kier alpha value is -3.86. The molecular formula is C28H27BrF3N3O4. The first-order valence-electron chi connectivity index (χ1n) is 12.0. The Morgan fingerprint density at radius 1 is 1.00 bits per heavy atom. The molecule has 3 aromatic carbocycles. The lowest BCUT2D eigenvalue weighted by Crippen LogP contribution is -2.20. The third-order valence-corrected chi connectivity index (χ3v) is 5.88. The van der Waals surface area contributed by atoms with Crippen LogP contribution in [0.15, 0.2) is 70.2 Å². The lowest BCUT2D eigenvalue weighted by atomic mass is 10.1. The molecule has 0 saturated heterocycles. The van der Waals surface area contributed by atoms with E-state index in [1.165, 1.54) is 18.3 Å². The minimum absolute atomic E-state index is 0.00442. The van der Waals surface area contributed by atoms with Crippen LogP contribution in [0.5, 0.6) is 11.5 Å². The molecular weight excluding hydrogens is 579 g/mol. The van der Waals surface area contributed by atoms with Crippen molar-refractivity contribution in [2.75, 3.05) is 11.9 Å². The van der Waals surface area contributed by atoms with Gasteiger partial charge in [0.2, 0.25) is 11.8 Å². The Morgan fingerprint density at radius 3 is 2.41 bits per heavy atom. The van der Waals surface area contributed by atoms with Crippen LogP contribution in [0, 0.1) is 6.92 Å². The van der Waals surface area contributed by atoms with Crippen LogP contribution in [-0.4, -0.2) is 24.6 Å². The van der Waals surface area contributed by atoms with E-state index >= 15 is 0 Å². The van der Waals surface area contributed by atoms with Gasteiger partial charge < -0.3 is 14.8 Å². The first-order valence-corrected chi connectivity index (χ1v) is 12.8. The highest BCUT2D eigenvalue weighted by atomic mass is 79.9. The number of nitrogens with zero attached hydrogens (tertiary/aromatic N) is 1. The summed E-state index contributed by atoms with van der Waals surface area (Å²) in [6, 6.07) is 15.7. The molecule has 2 amide bonds. The van der Waals surface area contributed by atoms with Gasteiger partial charge in [0.25, 0.3) is 0 Å². The Balaban J connectivity index is 1.53. The second-order valence-electron chi connectivity index (χ2n) is 8.46. The Labute approximate surface area is 232 Å². The zero-order chi connectivity index (χ0) is 28.4. The van der Waals surface area contributed by atoms with Gasteiger partial charge in [-0.3, -0.25) is 9.59 Å². The zero-order valence-electron chi connectivity index (χ0n) is 21.3. The number of carbonyl (C=O) groups is 2. The number of nitrogens with one attached hydrogen (secondary N) is 2. The van der Waals surface area contributed by atoms with Crippen molar-refractivity contribution in [2.24, 2.45) is 5.10 Å². The largest absolute Gasteiger partial charge is 0.490 e. The van der Waals surface area contributed by atoms with Crippen molar-refractivity contribution in [3.63, 3.8) is 0 Å². The Kier molecular flexibility index (Phi) is 10.5. The average molecular weight is 606 g/mol. The fraction of sp³-hybridized carbons (Fsp3) is 0.250. The molecule has 0 bridgehead atoms. The van der Waals surface area contributed by atoms with Crippen molar-refractivity contribution >= 4 is 39.6 Å². The van der Waals surface area contributed by atoms with Crippen molar-refractivity contribution in [2.45, 2.75) is 39.5 Å². The summed E-state index contributed by atoms with van der Waals surface area (Å²) in [5, 5.41) is 6.27. The van der Waals surface area contributed by atoms with Crippen LogP contribution in [-0.2, 0) is 22.4 Å². The maximum Gasteiger partial charge on any atom is 0.416 e. The molecule has 0 radical (unpaired) electrons. The number of benzene rings is 3. The number of ether oxygens (including phenoxy) is 2. The third kappa shape index (κ3) is 9.43. The fourth-order valence-corrected chi connectivity index (χ4v) is 3.94. The van der Waals surface area contributed by atoms with E-state index in [4.69, 9.17) is 9.47 Å². The molecule has 3 aromatic rings. The molecule has 0 heterocycles. The van der Waals surface area contributed by atoms with Crippen LogP contribution < -0.4 is 20.2 Å². The number of halogens is 4. The van der Waals surface area contributed by atoms with Gasteiger partial charge in [0.15, 0.2) is 11.5 Å². The highest BCUT2D eigenvalue weighted by Crippen LogP contribution is 2.37. The molecule has 7 nitrogen and oxygen atoms in total. The predicted molar refractivity (Wildman–Crippen MR) is 146 cm³/mol. The van der Waals surface area contributed by atoms with Crippen molar-refractivity contribution in [1.82, 2.24) is 5.43 Å². The van der Waals surface area contributed by atoms with Gasteiger partial charge in [-0.25, -0.2) is 5.43 Å². The van der Waals surface area contributed by atoms with E-state index < -0.39 is 23.6 Å². The predicted octanol–water partition coefficient (Wildman–Crippen LogP) is 6.62. The van der Waals surface area contributed by atoms with Crippen molar-refractivity contribution in [1.29, 1.82) is 0 Å². The number of anilines is 1. The number of hydrogen-bond donors (Lipinski definition) is 2. The monoisotopic (exact) mass is 605 g/mol. The van der Waals surface area contributed by atoms with Crippen molar-refractivity contribution < 1.29 is 32.2 Å². The van der Waals surface area contributed by atoms with Crippen LogP contribution in [0.4, 0.5) is 18.9 Å². The molecule has 0 aliphatic carbocycles. The molecule has 0 atom stereocenters. The maximum atomic E-state index is 12.8. The highest BCUT2D eigenvalue weighted by molar-refractivity contribution is 9.10. The minimum atomic E-state index is -4.52. The molecule has 0 aliphatic heterocycles. The molecule has 0 aromatic heterocycles. The van der Waals surface area contributed by atoms with E-state index in [9.17, 15) is 22.8 Å². The standard InChI is InChI=1S/C28H27BrF3N3O4/c1-3-38-24-14-20(13-23(29)27(24)39-17-19-9-7-18(2)8-10-19)16-33-35-26(37)12-11-25(36)34-22-6-4-5-21(15-22)28(30,31)32/h4-10,13-16H,3,11-12,17H2,1-2H3,(H,34,36)(H,35,37). The molecule has 3 rings (SSSR count). The lowest BCUT2D eigenvalue weighted by Gasteiger charge is -2.15. The average Bonchev–Trinajstić information content (AvgIpc) is 2.88. The zero-order valence-corrected chi connectivity index (χ0v) is 22.9. The summed E-state index contributed by atoms with van der Waals surface area (Å²) >= 11 is 3.50. The molecule has 0 spiro atoms. The first-order chi connectivity index (χ1) is 18.5. The van der Waals surface area contributed by atoms with E-state index in [2.05, 4.69) is 31.8 Å². The number of hydrazone groups is 1. The molecule has 0 unspecified atom stereocenters. The number of carbonyl (C=O) groups excluding carboxylic acids is 2. The summed E-state index contributed by atoms with van der Waals surface area (Å²) in [6.45, 7) is 4.62. The highest BCUT2D eigenvalue weighted by Gasteiger charge is 2.30. The topological polar surface area (TPSA) is 89.0 Å². The number of aryl methyl sites for hydroxylation is 1. The normalized spacial score (nSPS) is 11.3. The van der Waals surface area contributed by atoms with Crippen molar-refractivity contribution in [3.8, 4) is 11.5 Å². The summed E-state index contributed by atoms with van der Waals surface area (Å²) < 4.78 is 50.8. The lowest BCUT2D eigenvalue weighted by molar-refractivity contribution is -0.137. The van der Waals surface area contributed by atoms with Gasteiger partial charge in [-0.05, 0) is 71.2 Å². The molecule has 11 heteroatoms. The van der Waals surface area contributed by atoms with Crippen LogP contribution in [0.2, 0.25) is 0 Å². The van der Waals surface area contributed by atoms with Gasteiger partial charge in [0, 0.05) is 18.5 Å². The van der Waals surface area contributed by atoms with Crippen LogP contribution in [0.3, 0.4) is 0 Å². The minimum Gasteiger partial charge on any atom is -0.490 e. The number of alkyl halides is 3. The first kappa shape index (κ1) is 29.7. The SMILES string of the molecule is CCOc1cc(C=NNC(=O)CCC(=O)Nc2cccc(C(F)(F)F)c2)cc(Br)c1OCc1ccc(C)cc1. The Morgan fingerprint density at radius 2 is 1.72 bits per heavy atom. The van der Waals surface area contributed by atoms with E-state index in [-0.39, 0.29) is 18.5 Å². The molecule has 0 saturated carbocycles. The quantitative estimate of drug-likeness (QED) is 0.190. The summed E-state index contributed by atoms with van der Waals surface area (Å²) in [6.07, 6.45) is -3.55. The second-order valence-corrected chi connectivity index (χ2v) is 9.31. The summed E-state index contributed by atoms with van der Waals surface area (Å²) in [5.74, 6) is -0.101. The van der Waals surface area contributed by atoms with E-state index in [1.807, 2.05) is 38.1 Å². The van der Waals surface area contributed by atoms with E-state index in [0.717, 1.165) is 23.3 Å². The van der Waals surface area contributed by atoms with Gasteiger partial charge in [-0.15, -0.1) is 0 Å². The summed E-state index contributed by atoms with van der Waals surface area (Å²) in [5.41, 5.74) is 4.23. The van der Waals surface area contributed by atoms with E-state index in [1.54, 1.807) is 12.1 Å². The second kappa shape index (κ2) is 13.8. The molecule has 0 fully saturated rings. The van der Waals surface area contributed by atoms with Crippen LogP contribution >= 0.6 is 15.9 Å². The maximum absolute atomic E-state index is 12.8. The van der Waals surface area contributed by atoms with Gasteiger partial charge >= 0.3 is 6.18 Å². The fourth-order valence-electron chi connectivity index (χ4n) is 3.36. The van der Waals surface area contributed by atoms with Gasteiger partial charge in [0.05, 0.1) is 22.9 Å². The smallest absolute Gasteiger partial charge is 0.416 e. The molecule has 0 aliphatic rings. The summed E-state index contributed by atoms with van der Waals surface area (Å²) in [4.78, 5) is 24.2. The van der Waals surface area contributed by atoms with E-state index in [0.29, 0.717) is 34.7 Å². The summed E-state index contributed by atoms with van der Waals surface area (Å²) in [7, 11) is 0. The molecule has 206 valence electrons. The molecule has 39 heavy (non-hydrogen) atoms. The van der Waals surface area contributed by atoms with Crippen LogP contribution in [0.25, 0.3) is 0 Å². The number of hydrogen-bond acceptors (Lipinski definition) is 5. The van der Waals surface area contributed by atoms with Gasteiger partial charge in [0.1, 0.15) is 6.61 Å². The third-order valence-electron chi connectivity index (χ3n) is 5.29. The molecule has 2 N–H and O–H groups in total. The number of amides is 2. The van der Waals surface area contributed by atoms with Crippen LogP contribution in [0.1, 0.15) is 42.0 Å². The number of rotatable bonds is 11. The van der Waals surface area contributed by atoms with Gasteiger partial charge in [-0.2, -0.15) is 18.3 Å². The Bertz CT molecular complexity index is 1330. The van der Waals surface area contributed by atoms with Gasteiger partial charge in [-0.1, -0.05) is 35.9 Å². The van der Waals surface area contributed by atoms with Crippen molar-refractivity contribution in [3.05, 3.63) is 87.4 Å².